The van der Waals surface area contributed by atoms with Gasteiger partial charge in [0, 0.05) is 24.1 Å². The summed E-state index contributed by atoms with van der Waals surface area (Å²) in [4.78, 5) is 44.0. The van der Waals surface area contributed by atoms with Crippen LogP contribution in [0, 0.1) is 0 Å². The molecule has 0 radical (unpaired) electrons. The second-order valence-electron chi connectivity index (χ2n) is 10.6. The highest BCUT2D eigenvalue weighted by Crippen LogP contribution is 2.40. The van der Waals surface area contributed by atoms with E-state index >= 15 is 0 Å². The van der Waals surface area contributed by atoms with Crippen molar-refractivity contribution in [3.63, 3.8) is 0 Å². The number of anilines is 2. The second kappa shape index (κ2) is 13.8. The zero-order chi connectivity index (χ0) is 32.9. The number of carbonyl (C=O) groups excluding carboxylic acids is 3. The van der Waals surface area contributed by atoms with E-state index in [1.54, 1.807) is 49.1 Å². The highest BCUT2D eigenvalue weighted by molar-refractivity contribution is 7.92. The number of carbonyl (C=O) groups is 3. The Labute approximate surface area is 262 Å². The highest BCUT2D eigenvalue weighted by Gasteiger charge is 2.38. The van der Waals surface area contributed by atoms with Gasteiger partial charge in [0.1, 0.15) is 11.7 Å². The Morgan fingerprint density at radius 1 is 0.978 bits per heavy atom. The number of hydrogen-bond acceptors (Lipinski definition) is 10. The maximum Gasteiger partial charge on any atom is 0.411 e. The van der Waals surface area contributed by atoms with Crippen LogP contribution in [0.25, 0.3) is 0 Å². The first-order chi connectivity index (χ1) is 21.4. The predicted octanol–water partition coefficient (Wildman–Crippen LogP) is 4.08. The Morgan fingerprint density at radius 3 is 2.36 bits per heavy atom. The molecule has 13 nitrogen and oxygen atoms in total. The first-order valence-electron chi connectivity index (χ1n) is 14.2. The van der Waals surface area contributed by atoms with Crippen molar-refractivity contribution in [2.24, 2.45) is 5.73 Å². The van der Waals surface area contributed by atoms with Gasteiger partial charge in [0.25, 0.3) is 5.91 Å². The summed E-state index contributed by atoms with van der Waals surface area (Å²) in [6.07, 6.45) is 1.77. The number of pyridine rings is 1. The molecular weight excluding hydrogens is 602 g/mol. The van der Waals surface area contributed by atoms with E-state index in [-0.39, 0.29) is 16.5 Å². The molecule has 3 aromatic rings. The van der Waals surface area contributed by atoms with Gasteiger partial charge in [0.05, 0.1) is 37.5 Å². The van der Waals surface area contributed by atoms with E-state index in [0.717, 1.165) is 0 Å². The van der Waals surface area contributed by atoms with Crippen LogP contribution in [0.15, 0.2) is 59.6 Å². The van der Waals surface area contributed by atoms with Gasteiger partial charge in [-0.2, -0.15) is 0 Å². The van der Waals surface area contributed by atoms with Crippen LogP contribution >= 0.6 is 0 Å². The third kappa shape index (κ3) is 7.11. The molecule has 0 aliphatic carbocycles. The topological polar surface area (TPSA) is 179 Å². The van der Waals surface area contributed by atoms with E-state index in [0.29, 0.717) is 53.4 Å². The van der Waals surface area contributed by atoms with Crippen LogP contribution in [-0.2, 0) is 19.4 Å². The number of nitrogens with two attached hydrogens (primary N) is 1. The van der Waals surface area contributed by atoms with Crippen molar-refractivity contribution < 1.29 is 37.0 Å². The molecule has 1 aliphatic rings. The first-order valence-corrected chi connectivity index (χ1v) is 15.7. The molecule has 3 amide bonds. The molecule has 240 valence electrons. The summed E-state index contributed by atoms with van der Waals surface area (Å²) in [5.41, 5.74) is 7.09. The Bertz CT molecular complexity index is 1690. The van der Waals surface area contributed by atoms with Crippen molar-refractivity contribution in [2.75, 3.05) is 38.5 Å². The van der Waals surface area contributed by atoms with Crippen LogP contribution in [0.3, 0.4) is 0 Å². The molecule has 2 aromatic carbocycles. The van der Waals surface area contributed by atoms with Crippen molar-refractivity contribution in [2.45, 2.75) is 48.9 Å². The maximum absolute atomic E-state index is 14.6. The van der Waals surface area contributed by atoms with Crippen LogP contribution < -0.4 is 25.8 Å². The minimum Gasteiger partial charge on any atom is -0.493 e. The molecule has 1 unspecified atom stereocenters. The van der Waals surface area contributed by atoms with Gasteiger partial charge in [0.2, 0.25) is 5.91 Å². The summed E-state index contributed by atoms with van der Waals surface area (Å²) in [5, 5.41) is 5.07. The van der Waals surface area contributed by atoms with Crippen LogP contribution in [0.1, 0.15) is 60.4 Å². The quantitative estimate of drug-likeness (QED) is 0.277. The zero-order valence-electron chi connectivity index (χ0n) is 25.7. The monoisotopic (exact) mass is 639 g/mol. The number of likely N-dealkylation sites (tertiary alicyclic amines) is 1. The number of benzene rings is 2. The van der Waals surface area contributed by atoms with Crippen molar-refractivity contribution in [3.8, 4) is 11.5 Å². The van der Waals surface area contributed by atoms with Gasteiger partial charge >= 0.3 is 6.09 Å². The van der Waals surface area contributed by atoms with E-state index in [4.69, 9.17) is 19.9 Å². The minimum absolute atomic E-state index is 0.0102. The lowest BCUT2D eigenvalue weighted by atomic mass is 10.0. The summed E-state index contributed by atoms with van der Waals surface area (Å²) in [6, 6.07) is 11.0. The fraction of sp³-hybridized carbons (Fsp3) is 0.355. The van der Waals surface area contributed by atoms with Gasteiger partial charge in [-0.15, -0.1) is 0 Å². The number of methoxy groups -OCH3 is 3. The van der Waals surface area contributed by atoms with Gasteiger partial charge in [-0.05, 0) is 80.3 Å². The van der Waals surface area contributed by atoms with Crippen molar-refractivity contribution in [1.29, 1.82) is 0 Å². The van der Waals surface area contributed by atoms with Crippen LogP contribution in [0.4, 0.5) is 16.2 Å². The molecule has 1 saturated heterocycles. The average Bonchev–Trinajstić information content (AvgIpc) is 3.53. The molecule has 0 spiro atoms. The molecule has 1 aliphatic heterocycles. The zero-order valence-corrected chi connectivity index (χ0v) is 26.5. The first kappa shape index (κ1) is 33.1. The van der Waals surface area contributed by atoms with Gasteiger partial charge in [0.15, 0.2) is 21.3 Å². The van der Waals surface area contributed by atoms with Gasteiger partial charge in [-0.1, -0.05) is 6.07 Å². The summed E-state index contributed by atoms with van der Waals surface area (Å²) in [5.74, 6) is -0.232. The maximum atomic E-state index is 14.6. The molecule has 45 heavy (non-hydrogen) atoms. The average molecular weight is 640 g/mol. The van der Waals surface area contributed by atoms with Crippen molar-refractivity contribution >= 4 is 39.1 Å². The smallest absolute Gasteiger partial charge is 0.411 e. The van der Waals surface area contributed by atoms with E-state index in [9.17, 15) is 22.8 Å². The fourth-order valence-corrected chi connectivity index (χ4v) is 6.52. The Kier molecular flexibility index (Phi) is 10.2. The van der Waals surface area contributed by atoms with E-state index < -0.39 is 39.2 Å². The predicted molar refractivity (Wildman–Crippen MR) is 167 cm³/mol. The Morgan fingerprint density at radius 2 is 1.71 bits per heavy atom. The molecule has 2 heterocycles. The normalized spacial score (nSPS) is 15.3. The molecule has 4 N–H and O–H groups in total. The summed E-state index contributed by atoms with van der Waals surface area (Å²) >= 11 is 0. The lowest BCUT2D eigenvalue weighted by Crippen LogP contribution is -2.38. The van der Waals surface area contributed by atoms with Crippen LogP contribution in [0.2, 0.25) is 0 Å². The number of rotatable bonds is 11. The lowest BCUT2D eigenvalue weighted by Gasteiger charge is -2.32. The molecule has 1 fully saturated rings. The van der Waals surface area contributed by atoms with E-state index in [1.807, 2.05) is 0 Å². The van der Waals surface area contributed by atoms with Crippen LogP contribution in [0.5, 0.6) is 11.5 Å². The fourth-order valence-electron chi connectivity index (χ4n) is 5.23. The van der Waals surface area contributed by atoms with Crippen molar-refractivity contribution in [1.82, 2.24) is 9.88 Å². The largest absolute Gasteiger partial charge is 0.493 e. The Hall–Kier alpha value is -4.85. The third-order valence-corrected chi connectivity index (χ3v) is 9.80. The van der Waals surface area contributed by atoms with E-state index in [1.165, 1.54) is 45.7 Å². The number of nitrogens with zero attached hydrogens (tertiary/aromatic N) is 2. The second-order valence-corrected chi connectivity index (χ2v) is 13.1. The number of nitrogens with one attached hydrogen (secondary N) is 2. The third-order valence-electron chi connectivity index (χ3n) is 7.57. The Balaban J connectivity index is 1.82. The molecule has 0 bridgehead atoms. The van der Waals surface area contributed by atoms with Crippen LogP contribution in [-0.4, -0.2) is 69.3 Å². The summed E-state index contributed by atoms with van der Waals surface area (Å²) in [6.45, 7) is 3.51. The number of ether oxygens (including phenoxy) is 3. The molecule has 2 atom stereocenters. The highest BCUT2D eigenvalue weighted by atomic mass is 32.2. The molecule has 14 heteroatoms. The molecule has 1 aromatic heterocycles. The summed E-state index contributed by atoms with van der Waals surface area (Å²) in [7, 11) is 0.434. The van der Waals surface area contributed by atoms with Crippen molar-refractivity contribution in [3.05, 3.63) is 71.5 Å². The number of primary amides is 1. The number of sulfone groups is 1. The molecule has 0 saturated carbocycles. The summed E-state index contributed by atoms with van der Waals surface area (Å²) < 4.78 is 42.6. The van der Waals surface area contributed by atoms with Gasteiger partial charge < -0.3 is 30.2 Å². The number of hydrogen-bond donors (Lipinski definition) is 3. The van der Waals surface area contributed by atoms with Gasteiger partial charge in [-0.3, -0.25) is 19.9 Å². The minimum atomic E-state index is -3.77. The van der Waals surface area contributed by atoms with Gasteiger partial charge in [-0.25, -0.2) is 13.2 Å². The lowest BCUT2D eigenvalue weighted by molar-refractivity contribution is -0.133. The number of amides is 3. The molecular formula is C31H37N5O8S. The standard InChI is InChI=1S/C31H37N5O8S/c1-18(2)45(40,41)27-11-9-20(35-31(39)44-5)16-22(27)24-7-6-14-36(24)30(38)28(19-8-10-25(42-3)26(15-19)43-4)34-21-12-13-33-23(17-21)29(32)37/h8-13,15-18,24,28H,6-7,14H2,1-5H3,(H2,32,37)(H,33,34)(H,35,39)/t24?,28-/m1/s1. The SMILES string of the molecule is COC(=O)Nc1ccc(S(=O)(=O)C(C)C)c(C2CCCN2C(=O)[C@H](Nc2ccnc(C(N)=O)c2)c2ccc(OC)c(OC)c2)c1. The number of aromatic nitrogens is 1. The molecule has 4 rings (SSSR count). The van der Waals surface area contributed by atoms with E-state index in [2.05, 4.69) is 15.6 Å².